The van der Waals surface area contributed by atoms with Gasteiger partial charge >= 0.3 is 7.82 Å². The first kappa shape index (κ1) is 38.9. The molecule has 1 aliphatic carbocycles. The van der Waals surface area contributed by atoms with E-state index < -0.39 is 57.0 Å². The van der Waals surface area contributed by atoms with Crippen LogP contribution in [0, 0.1) is 5.92 Å². The third-order valence-electron chi connectivity index (χ3n) is 7.92. The molecule has 0 spiro atoms. The van der Waals surface area contributed by atoms with Crippen LogP contribution < -0.4 is 0 Å². The van der Waals surface area contributed by atoms with Crippen molar-refractivity contribution in [2.45, 2.75) is 146 Å². The monoisotopic (exact) mass is 614 g/mol. The maximum atomic E-state index is 12.4. The molecule has 8 atom stereocenters. The molecule has 0 aromatic rings. The highest BCUT2D eigenvalue weighted by Crippen LogP contribution is 2.47. The summed E-state index contributed by atoms with van der Waals surface area (Å²) in [7, 11) is -3.38. The van der Waals surface area contributed by atoms with E-state index in [9.17, 15) is 35.0 Å². The SMILES string of the molecule is CCCCCCCCCCCCCCCCCCOC[C@H](COP(=O)(O)OC1C(O)C(O)C(O)C(CO)C1O)OC. The fourth-order valence-electron chi connectivity index (χ4n) is 5.15. The number of aliphatic hydroxyl groups excluding tert-OH is 5. The van der Waals surface area contributed by atoms with Gasteiger partial charge in [0.25, 0.3) is 0 Å². The van der Waals surface area contributed by atoms with Gasteiger partial charge in [-0.05, 0) is 6.42 Å². The molecule has 41 heavy (non-hydrogen) atoms. The molecule has 7 unspecified atom stereocenters. The highest BCUT2D eigenvalue weighted by Gasteiger charge is 2.51. The molecular weight excluding hydrogens is 555 g/mol. The van der Waals surface area contributed by atoms with Gasteiger partial charge in [0.1, 0.15) is 24.4 Å². The lowest BCUT2D eigenvalue weighted by atomic mass is 9.79. The first-order valence-electron chi connectivity index (χ1n) is 15.8. The minimum absolute atomic E-state index is 0.140. The largest absolute Gasteiger partial charge is 0.472 e. The molecule has 0 amide bonds. The molecule has 0 aromatic carbocycles. The summed E-state index contributed by atoms with van der Waals surface area (Å²) in [4.78, 5) is 10.1. The van der Waals surface area contributed by atoms with Crippen LogP contribution in [0.2, 0.25) is 0 Å². The second kappa shape index (κ2) is 23.2. The molecule has 246 valence electrons. The van der Waals surface area contributed by atoms with Gasteiger partial charge in [-0.25, -0.2) is 4.57 Å². The Morgan fingerprint density at radius 1 is 0.683 bits per heavy atom. The Labute approximate surface area is 247 Å². The number of aliphatic hydroxyl groups is 5. The summed E-state index contributed by atoms with van der Waals surface area (Å²) in [5.74, 6) is -1.27. The van der Waals surface area contributed by atoms with Crippen molar-refractivity contribution in [1.82, 2.24) is 0 Å². The van der Waals surface area contributed by atoms with E-state index in [2.05, 4.69) is 6.92 Å². The molecule has 6 N–H and O–H groups in total. The second-order valence-corrected chi connectivity index (χ2v) is 12.8. The fourth-order valence-corrected chi connectivity index (χ4v) is 6.12. The zero-order valence-corrected chi connectivity index (χ0v) is 26.2. The molecular formula is C29H59O11P. The molecule has 0 aromatic heterocycles. The van der Waals surface area contributed by atoms with Gasteiger partial charge in [-0.1, -0.05) is 103 Å². The van der Waals surface area contributed by atoms with Gasteiger partial charge in [-0.15, -0.1) is 0 Å². The summed E-state index contributed by atoms with van der Waals surface area (Å²) >= 11 is 0. The number of methoxy groups -OCH3 is 1. The maximum absolute atomic E-state index is 12.4. The molecule has 1 rings (SSSR count). The van der Waals surface area contributed by atoms with Crippen LogP contribution in [0.4, 0.5) is 0 Å². The van der Waals surface area contributed by atoms with E-state index in [0.717, 1.165) is 12.8 Å². The number of rotatable bonds is 26. The second-order valence-electron chi connectivity index (χ2n) is 11.4. The lowest BCUT2D eigenvalue weighted by Crippen LogP contribution is -2.62. The molecule has 12 heteroatoms. The Morgan fingerprint density at radius 2 is 1.17 bits per heavy atom. The van der Waals surface area contributed by atoms with Crippen molar-refractivity contribution in [1.29, 1.82) is 0 Å². The lowest BCUT2D eigenvalue weighted by Gasteiger charge is -2.43. The van der Waals surface area contributed by atoms with Gasteiger partial charge < -0.3 is 39.9 Å². The van der Waals surface area contributed by atoms with Gasteiger partial charge in [-0.3, -0.25) is 9.05 Å². The standard InChI is InChI=1S/C29H59O11P/c1-3-4-5-6-7-8-9-10-11-12-13-14-15-16-17-18-19-38-21-23(37-2)22-39-41(35,36)40-29-26(32)24(20-30)25(31)27(33)28(29)34/h23-34H,3-22H2,1-2H3,(H,35,36)/t23-,24?,25?,26?,27?,28?,29?/m1/s1. The van der Waals surface area contributed by atoms with Gasteiger partial charge in [0, 0.05) is 19.6 Å². The van der Waals surface area contributed by atoms with Crippen LogP contribution in [0.1, 0.15) is 110 Å². The van der Waals surface area contributed by atoms with Gasteiger partial charge in [0.05, 0.1) is 32.0 Å². The molecule has 0 bridgehead atoms. The number of phosphoric ester groups is 1. The Morgan fingerprint density at radius 3 is 1.63 bits per heavy atom. The van der Waals surface area contributed by atoms with E-state index in [-0.39, 0.29) is 13.2 Å². The predicted octanol–water partition coefficient (Wildman–Crippen LogP) is 3.85. The normalized spacial score (nSPS) is 27.1. The van der Waals surface area contributed by atoms with E-state index in [0.29, 0.717) is 6.61 Å². The van der Waals surface area contributed by atoms with Crippen LogP contribution in [-0.2, 0) is 23.1 Å². The summed E-state index contributed by atoms with van der Waals surface area (Å²) in [5, 5.41) is 49.5. The average molecular weight is 615 g/mol. The minimum Gasteiger partial charge on any atom is -0.396 e. The van der Waals surface area contributed by atoms with Crippen molar-refractivity contribution in [3.63, 3.8) is 0 Å². The number of phosphoric acid groups is 1. The smallest absolute Gasteiger partial charge is 0.396 e. The van der Waals surface area contributed by atoms with E-state index in [1.807, 2.05) is 0 Å². The van der Waals surface area contributed by atoms with Crippen molar-refractivity contribution >= 4 is 7.82 Å². The zero-order valence-electron chi connectivity index (χ0n) is 25.4. The summed E-state index contributed by atoms with van der Waals surface area (Å²) < 4.78 is 33.1. The van der Waals surface area contributed by atoms with Crippen molar-refractivity contribution in [3.8, 4) is 0 Å². The van der Waals surface area contributed by atoms with E-state index in [1.165, 1.54) is 97.0 Å². The Balaban J connectivity index is 2.08. The molecule has 1 saturated carbocycles. The Hall–Kier alpha value is -0.170. The van der Waals surface area contributed by atoms with Gasteiger partial charge in [0.2, 0.25) is 0 Å². The van der Waals surface area contributed by atoms with Gasteiger partial charge in [0.15, 0.2) is 0 Å². The molecule has 1 fully saturated rings. The number of unbranched alkanes of at least 4 members (excludes halogenated alkanes) is 15. The van der Waals surface area contributed by atoms with Gasteiger partial charge in [-0.2, -0.15) is 0 Å². The minimum atomic E-state index is -4.79. The molecule has 0 radical (unpaired) electrons. The van der Waals surface area contributed by atoms with Crippen molar-refractivity contribution in [3.05, 3.63) is 0 Å². The fraction of sp³-hybridized carbons (Fsp3) is 1.00. The number of ether oxygens (including phenoxy) is 2. The first-order chi connectivity index (χ1) is 19.7. The Bertz CT molecular complexity index is 671. The van der Waals surface area contributed by atoms with Crippen LogP contribution in [0.5, 0.6) is 0 Å². The molecule has 0 aliphatic heterocycles. The molecule has 1 aliphatic rings. The number of hydrogen-bond acceptors (Lipinski definition) is 10. The topological polar surface area (TPSA) is 175 Å². The maximum Gasteiger partial charge on any atom is 0.472 e. The van der Waals surface area contributed by atoms with Crippen molar-refractivity contribution in [2.75, 3.05) is 33.5 Å². The highest BCUT2D eigenvalue weighted by molar-refractivity contribution is 7.47. The van der Waals surface area contributed by atoms with Crippen molar-refractivity contribution < 1.29 is 53.5 Å². The van der Waals surface area contributed by atoms with Crippen LogP contribution in [0.25, 0.3) is 0 Å². The predicted molar refractivity (Wildman–Crippen MR) is 156 cm³/mol. The van der Waals surface area contributed by atoms with E-state index in [1.54, 1.807) is 0 Å². The molecule has 11 nitrogen and oxygen atoms in total. The summed E-state index contributed by atoms with van der Waals surface area (Å²) in [6, 6.07) is 0. The van der Waals surface area contributed by atoms with Crippen LogP contribution >= 0.6 is 7.82 Å². The van der Waals surface area contributed by atoms with E-state index in [4.69, 9.17) is 18.5 Å². The quantitative estimate of drug-likeness (QED) is 0.0617. The summed E-state index contributed by atoms with van der Waals surface area (Å²) in [6.07, 6.45) is 11.3. The first-order valence-corrected chi connectivity index (χ1v) is 17.3. The Kier molecular flexibility index (Phi) is 22.0. The molecule has 0 heterocycles. The lowest BCUT2D eigenvalue weighted by molar-refractivity contribution is -0.206. The summed E-state index contributed by atoms with van der Waals surface area (Å²) in [6.45, 7) is 1.85. The average Bonchev–Trinajstić information content (AvgIpc) is 2.95. The van der Waals surface area contributed by atoms with Crippen LogP contribution in [-0.4, -0.2) is 101 Å². The third-order valence-corrected chi connectivity index (χ3v) is 8.90. The van der Waals surface area contributed by atoms with E-state index >= 15 is 0 Å². The van der Waals surface area contributed by atoms with Crippen LogP contribution in [0.3, 0.4) is 0 Å². The molecule has 0 saturated heterocycles. The third kappa shape index (κ3) is 16.5. The summed E-state index contributed by atoms with van der Waals surface area (Å²) in [5.41, 5.74) is 0. The number of hydrogen-bond donors (Lipinski definition) is 6. The van der Waals surface area contributed by atoms with Crippen LogP contribution in [0.15, 0.2) is 0 Å². The zero-order chi connectivity index (χ0) is 30.5. The van der Waals surface area contributed by atoms with Crippen molar-refractivity contribution in [2.24, 2.45) is 5.92 Å². The highest BCUT2D eigenvalue weighted by atomic mass is 31.2.